The Morgan fingerprint density at radius 2 is 1.24 bits per heavy atom. The molecule has 3 aromatic carbocycles. The Labute approximate surface area is 131 Å². The van der Waals surface area contributed by atoms with Gasteiger partial charge in [-0.15, -0.1) is 0 Å². The Morgan fingerprint density at radius 1 is 0.667 bits per heavy atom. The normalized spacial score (nSPS) is 12.0. The highest BCUT2D eigenvalue weighted by Crippen LogP contribution is 2.23. The molecule has 0 N–H and O–H groups in total. The van der Waals surface area contributed by atoms with Crippen LogP contribution in [0.3, 0.4) is 0 Å². The molecule has 0 saturated heterocycles. The van der Waals surface area contributed by atoms with E-state index in [0.29, 0.717) is 0 Å². The summed E-state index contributed by atoms with van der Waals surface area (Å²) in [5.41, 5.74) is 0. The van der Waals surface area contributed by atoms with Gasteiger partial charge in [-0.05, 0) is 36.4 Å². The van der Waals surface area contributed by atoms with Gasteiger partial charge in [-0.25, -0.2) is 4.21 Å². The summed E-state index contributed by atoms with van der Waals surface area (Å²) in [6.07, 6.45) is 0. The molecule has 0 saturated carbocycles. The van der Waals surface area contributed by atoms with Crippen LogP contribution >= 0.6 is 0 Å². The van der Waals surface area contributed by atoms with E-state index in [2.05, 4.69) is 12.1 Å². The van der Waals surface area contributed by atoms with E-state index in [1.165, 1.54) is 4.90 Å². The standard InChI is InChI=1S/C18H14OS2/c19-21(16-11-5-2-6-12-16)18-14-8-7-13-17(18)20-15-9-3-1-4-10-15/h1-14H/p+1. The van der Waals surface area contributed by atoms with Crippen LogP contribution in [0.2, 0.25) is 0 Å². The van der Waals surface area contributed by atoms with E-state index in [1.807, 2.05) is 72.8 Å². The molecule has 3 heteroatoms. The Balaban J connectivity index is 1.95. The fourth-order valence-electron chi connectivity index (χ4n) is 2.02. The van der Waals surface area contributed by atoms with E-state index in [4.69, 9.17) is 0 Å². The van der Waals surface area contributed by atoms with Crippen LogP contribution in [0.4, 0.5) is 0 Å². The molecule has 0 bridgehead atoms. The minimum Gasteiger partial charge on any atom is -0.249 e. The van der Waals surface area contributed by atoms with Gasteiger partial charge in [0.2, 0.25) is 0 Å². The lowest BCUT2D eigenvalue weighted by molar-refractivity contribution is 0.681. The summed E-state index contributed by atoms with van der Waals surface area (Å²) in [6, 6.07) is 27.8. The molecule has 3 rings (SSSR count). The van der Waals surface area contributed by atoms with E-state index in [1.54, 1.807) is 0 Å². The molecular weight excluding hydrogens is 296 g/mol. The van der Waals surface area contributed by atoms with Crippen molar-refractivity contribution in [2.24, 2.45) is 0 Å². The van der Waals surface area contributed by atoms with Gasteiger partial charge in [0.1, 0.15) is 0 Å². The molecular formula is C18H15OS2+. The average molecular weight is 311 g/mol. The van der Waals surface area contributed by atoms with Crippen molar-refractivity contribution >= 4 is 22.6 Å². The zero-order chi connectivity index (χ0) is 14.5. The van der Waals surface area contributed by atoms with Crippen molar-refractivity contribution in [1.29, 1.82) is 0 Å². The number of hydrogen-bond acceptors (Lipinski definition) is 1. The molecule has 0 spiro atoms. The van der Waals surface area contributed by atoms with E-state index < -0.39 is 10.8 Å². The van der Waals surface area contributed by atoms with Gasteiger partial charge in [0.05, 0.1) is 15.7 Å². The second-order valence-corrected chi connectivity index (χ2v) is 7.17. The fraction of sp³-hybridized carbons (Fsp3) is 0. The zero-order valence-corrected chi connectivity index (χ0v) is 13.1. The lowest BCUT2D eigenvalue weighted by Crippen LogP contribution is -1.98. The summed E-state index contributed by atoms with van der Waals surface area (Å²) in [4.78, 5) is 4.02. The van der Waals surface area contributed by atoms with Gasteiger partial charge < -0.3 is 0 Å². The van der Waals surface area contributed by atoms with E-state index >= 15 is 0 Å². The minimum atomic E-state index is -1.14. The predicted molar refractivity (Wildman–Crippen MR) is 89.3 cm³/mol. The third-order valence-electron chi connectivity index (χ3n) is 3.03. The monoisotopic (exact) mass is 311 g/mol. The lowest BCUT2D eigenvalue weighted by Gasteiger charge is -2.04. The topological polar surface area (TPSA) is 17.1 Å². The van der Waals surface area contributed by atoms with Crippen LogP contribution in [0.25, 0.3) is 0 Å². The fourth-order valence-corrected chi connectivity index (χ4v) is 4.47. The Hall–Kier alpha value is -1.84. The summed E-state index contributed by atoms with van der Waals surface area (Å²) < 4.78 is 12.8. The summed E-state index contributed by atoms with van der Waals surface area (Å²) in [5, 5.41) is 0. The molecule has 1 nitrogen and oxygen atoms in total. The van der Waals surface area contributed by atoms with Gasteiger partial charge >= 0.3 is 0 Å². The minimum absolute atomic E-state index is 0.841. The maximum atomic E-state index is 12.8. The van der Waals surface area contributed by atoms with Crippen LogP contribution in [0.1, 0.15) is 0 Å². The SMILES string of the molecule is O=S(c1ccccc1)c1ccccc1[SH+]c1ccccc1. The van der Waals surface area contributed by atoms with Crippen molar-refractivity contribution in [2.75, 3.05) is 0 Å². The van der Waals surface area contributed by atoms with Crippen LogP contribution in [-0.4, -0.2) is 4.21 Å². The molecule has 104 valence electrons. The molecule has 0 fully saturated rings. The molecule has 0 amide bonds. The third kappa shape index (κ3) is 3.43. The smallest absolute Gasteiger partial charge is 0.174 e. The first-order valence-corrected chi connectivity index (χ1v) is 8.72. The molecule has 0 radical (unpaired) electrons. The van der Waals surface area contributed by atoms with Crippen LogP contribution in [0.5, 0.6) is 0 Å². The average Bonchev–Trinajstić information content (AvgIpc) is 2.56. The van der Waals surface area contributed by atoms with E-state index in [0.717, 1.165) is 26.4 Å². The molecule has 0 aliphatic heterocycles. The van der Waals surface area contributed by atoms with Crippen molar-refractivity contribution in [3.05, 3.63) is 84.9 Å². The highest BCUT2D eigenvalue weighted by molar-refractivity contribution is 7.86. The summed E-state index contributed by atoms with van der Waals surface area (Å²) in [6.45, 7) is 0. The quantitative estimate of drug-likeness (QED) is 0.524. The maximum absolute atomic E-state index is 12.8. The summed E-state index contributed by atoms with van der Waals surface area (Å²) in [7, 11) is -1.14. The largest absolute Gasteiger partial charge is 0.249 e. The molecule has 0 aliphatic rings. The van der Waals surface area contributed by atoms with Gasteiger partial charge in [-0.1, -0.05) is 48.5 Å². The first kappa shape index (κ1) is 14.1. The third-order valence-corrected chi connectivity index (χ3v) is 5.82. The van der Waals surface area contributed by atoms with Crippen molar-refractivity contribution in [1.82, 2.24) is 0 Å². The summed E-state index contributed by atoms with van der Waals surface area (Å²) >= 11 is 1.08. The van der Waals surface area contributed by atoms with E-state index in [9.17, 15) is 4.21 Å². The number of thiol groups is 1. The van der Waals surface area contributed by atoms with Gasteiger partial charge in [0.15, 0.2) is 9.79 Å². The van der Waals surface area contributed by atoms with Crippen LogP contribution < -0.4 is 0 Å². The zero-order valence-electron chi connectivity index (χ0n) is 11.3. The molecule has 0 heterocycles. The van der Waals surface area contributed by atoms with Crippen LogP contribution in [0, 0.1) is 0 Å². The van der Waals surface area contributed by atoms with Gasteiger partial charge in [0.25, 0.3) is 0 Å². The number of hydrogen-bond donors (Lipinski definition) is 0. The predicted octanol–water partition coefficient (Wildman–Crippen LogP) is 4.09. The Kier molecular flexibility index (Phi) is 4.53. The van der Waals surface area contributed by atoms with Crippen LogP contribution in [-0.2, 0) is 22.6 Å². The maximum Gasteiger partial charge on any atom is 0.174 e. The second kappa shape index (κ2) is 6.74. The highest BCUT2D eigenvalue weighted by atomic mass is 32.2. The van der Waals surface area contributed by atoms with Crippen molar-refractivity contribution < 1.29 is 4.21 Å². The highest BCUT2D eigenvalue weighted by Gasteiger charge is 2.17. The molecule has 0 aliphatic carbocycles. The van der Waals surface area contributed by atoms with Crippen molar-refractivity contribution in [2.45, 2.75) is 19.6 Å². The van der Waals surface area contributed by atoms with Gasteiger partial charge in [-0.2, -0.15) is 0 Å². The molecule has 21 heavy (non-hydrogen) atoms. The number of rotatable bonds is 4. The van der Waals surface area contributed by atoms with Crippen molar-refractivity contribution in [3.63, 3.8) is 0 Å². The van der Waals surface area contributed by atoms with Gasteiger partial charge in [0, 0.05) is 16.7 Å². The molecule has 0 aromatic heterocycles. The summed E-state index contributed by atoms with van der Waals surface area (Å²) in [5.74, 6) is 0. The van der Waals surface area contributed by atoms with Gasteiger partial charge in [-0.3, -0.25) is 0 Å². The number of benzene rings is 3. The lowest BCUT2D eigenvalue weighted by atomic mass is 10.4. The molecule has 1 unspecified atom stereocenters. The molecule has 1 atom stereocenters. The Morgan fingerprint density at radius 3 is 1.95 bits per heavy atom. The van der Waals surface area contributed by atoms with E-state index in [-0.39, 0.29) is 0 Å². The second-order valence-electron chi connectivity index (χ2n) is 4.50. The van der Waals surface area contributed by atoms with Crippen LogP contribution in [0.15, 0.2) is 105 Å². The first-order chi connectivity index (χ1) is 10.3. The Bertz CT molecular complexity index is 739. The van der Waals surface area contributed by atoms with Crippen molar-refractivity contribution in [3.8, 4) is 0 Å². The molecule has 3 aromatic rings. The first-order valence-electron chi connectivity index (χ1n) is 6.67.